The van der Waals surface area contributed by atoms with E-state index in [0.717, 1.165) is 22.9 Å². The summed E-state index contributed by atoms with van der Waals surface area (Å²) in [6.07, 6.45) is 0.723. The first-order valence-electron chi connectivity index (χ1n) is 11.2. The lowest BCUT2D eigenvalue weighted by Crippen LogP contribution is -2.25. The topological polar surface area (TPSA) is 111 Å². The fraction of sp³-hybridized carbons (Fsp3) is 0.222. The van der Waals surface area contributed by atoms with Crippen LogP contribution in [0.15, 0.2) is 66.7 Å². The van der Waals surface area contributed by atoms with Crippen LogP contribution in [0.5, 0.6) is 23.0 Å². The van der Waals surface area contributed by atoms with Crippen LogP contribution < -0.4 is 19.5 Å². The predicted molar refractivity (Wildman–Crippen MR) is 135 cm³/mol. The van der Waals surface area contributed by atoms with Crippen LogP contribution >= 0.6 is 11.8 Å². The summed E-state index contributed by atoms with van der Waals surface area (Å²) in [6.45, 7) is 0. The zero-order valence-electron chi connectivity index (χ0n) is 19.7. The minimum absolute atomic E-state index is 0.268. The Hall–Kier alpha value is -3.98. The van der Waals surface area contributed by atoms with Crippen molar-refractivity contribution in [2.24, 2.45) is 0 Å². The second-order valence-electron chi connectivity index (χ2n) is 8.22. The van der Waals surface area contributed by atoms with Crippen molar-refractivity contribution >= 4 is 28.9 Å². The van der Waals surface area contributed by atoms with Gasteiger partial charge in [0.1, 0.15) is 23.0 Å². The Labute approximate surface area is 212 Å². The lowest BCUT2D eigenvalue weighted by molar-refractivity contribution is -0.138. The van der Waals surface area contributed by atoms with Crippen molar-refractivity contribution in [2.75, 3.05) is 14.2 Å². The Morgan fingerprint density at radius 2 is 1.47 bits per heavy atom. The summed E-state index contributed by atoms with van der Waals surface area (Å²) in [5, 5.41) is 11.4. The molecule has 0 spiro atoms. The molecule has 9 heteroatoms. The lowest BCUT2D eigenvalue weighted by atomic mass is 9.92. The van der Waals surface area contributed by atoms with Crippen molar-refractivity contribution in [1.29, 1.82) is 0 Å². The first kappa shape index (κ1) is 25.1. The molecule has 1 fully saturated rings. The van der Waals surface area contributed by atoms with Crippen LogP contribution in [-0.4, -0.2) is 41.7 Å². The van der Waals surface area contributed by atoms with Crippen LogP contribution in [0.4, 0.5) is 4.79 Å². The molecule has 36 heavy (non-hydrogen) atoms. The van der Waals surface area contributed by atoms with Crippen molar-refractivity contribution in [3.05, 3.63) is 83.4 Å². The molecule has 1 heterocycles. The Balaban J connectivity index is 1.42. The van der Waals surface area contributed by atoms with E-state index in [0.29, 0.717) is 35.0 Å². The van der Waals surface area contributed by atoms with Gasteiger partial charge in [-0.2, -0.15) is 0 Å². The van der Waals surface area contributed by atoms with E-state index in [2.05, 4.69) is 5.32 Å². The molecule has 8 nitrogen and oxygen atoms in total. The van der Waals surface area contributed by atoms with E-state index in [1.54, 1.807) is 68.8 Å². The number of thioether (sulfide) groups is 1. The largest absolute Gasteiger partial charge is 0.497 e. The van der Waals surface area contributed by atoms with Gasteiger partial charge in [-0.05, 0) is 65.9 Å². The lowest BCUT2D eigenvalue weighted by Gasteiger charge is -2.15. The molecule has 2 N–H and O–H groups in total. The number of hydrogen-bond acceptors (Lipinski definition) is 7. The van der Waals surface area contributed by atoms with Gasteiger partial charge in [0.15, 0.2) is 0 Å². The second kappa shape index (κ2) is 11.2. The summed E-state index contributed by atoms with van der Waals surface area (Å²) in [4.78, 5) is 35.1. The number of benzene rings is 3. The number of rotatable bonds is 10. The molecule has 0 radical (unpaired) electrons. The van der Waals surface area contributed by atoms with Gasteiger partial charge in [0.05, 0.1) is 25.4 Å². The Morgan fingerprint density at radius 3 is 1.97 bits per heavy atom. The van der Waals surface area contributed by atoms with Crippen LogP contribution in [0.1, 0.15) is 22.6 Å². The van der Waals surface area contributed by atoms with E-state index < -0.39 is 17.1 Å². The predicted octanol–water partition coefficient (Wildman–Crippen LogP) is 4.80. The summed E-state index contributed by atoms with van der Waals surface area (Å²) in [6, 6.07) is 19.6. The maximum absolute atomic E-state index is 12.0. The number of aliphatic carboxylic acids is 1. The van der Waals surface area contributed by atoms with Gasteiger partial charge in [0, 0.05) is 6.07 Å². The van der Waals surface area contributed by atoms with Gasteiger partial charge >= 0.3 is 5.97 Å². The fourth-order valence-corrected chi connectivity index (χ4v) is 4.77. The van der Waals surface area contributed by atoms with Crippen molar-refractivity contribution in [3.8, 4) is 23.0 Å². The van der Waals surface area contributed by atoms with E-state index in [9.17, 15) is 19.5 Å². The van der Waals surface area contributed by atoms with Crippen molar-refractivity contribution in [2.45, 2.75) is 24.0 Å². The number of hydrogen-bond donors (Lipinski definition) is 2. The van der Waals surface area contributed by atoms with Gasteiger partial charge < -0.3 is 19.3 Å². The number of carbonyl (C=O) groups is 3. The highest BCUT2D eigenvalue weighted by Crippen LogP contribution is 2.30. The van der Waals surface area contributed by atoms with Gasteiger partial charge in [-0.15, -0.1) is 0 Å². The monoisotopic (exact) mass is 507 g/mol. The molecule has 1 aliphatic heterocycles. The third-order valence-electron chi connectivity index (χ3n) is 5.78. The van der Waals surface area contributed by atoms with Crippen LogP contribution in [0.2, 0.25) is 0 Å². The zero-order valence-corrected chi connectivity index (χ0v) is 20.5. The maximum Gasteiger partial charge on any atom is 0.311 e. The normalized spacial score (nSPS) is 15.8. The van der Waals surface area contributed by atoms with Crippen LogP contribution in [0.3, 0.4) is 0 Å². The minimum atomic E-state index is -0.933. The van der Waals surface area contributed by atoms with Crippen LogP contribution in [-0.2, 0) is 22.4 Å². The van der Waals surface area contributed by atoms with Gasteiger partial charge in [-0.25, -0.2) is 0 Å². The van der Waals surface area contributed by atoms with Gasteiger partial charge in [0.2, 0.25) is 5.91 Å². The fourth-order valence-electron chi connectivity index (χ4n) is 3.91. The Morgan fingerprint density at radius 1 is 0.889 bits per heavy atom. The Kier molecular flexibility index (Phi) is 7.80. The van der Waals surface area contributed by atoms with E-state index in [4.69, 9.17) is 14.2 Å². The molecule has 1 aliphatic rings. The van der Waals surface area contributed by atoms with Gasteiger partial charge in [0.25, 0.3) is 5.24 Å². The highest BCUT2D eigenvalue weighted by atomic mass is 32.2. The SMILES string of the molecule is COc1cc(CC(C(=O)O)c2ccc(Oc3ccc(CC4SC(=O)NC4=O)cc3)cc2)cc(OC)c1. The molecule has 4 rings (SSSR count). The minimum Gasteiger partial charge on any atom is -0.497 e. The summed E-state index contributed by atoms with van der Waals surface area (Å²) in [5.74, 6) is 0.406. The molecule has 0 aliphatic carbocycles. The van der Waals surface area contributed by atoms with E-state index in [1.165, 1.54) is 0 Å². The second-order valence-corrected chi connectivity index (χ2v) is 9.39. The highest BCUT2D eigenvalue weighted by molar-refractivity contribution is 8.15. The molecule has 2 unspecified atom stereocenters. The average molecular weight is 508 g/mol. The number of ether oxygens (including phenoxy) is 3. The van der Waals surface area contributed by atoms with E-state index >= 15 is 0 Å². The van der Waals surface area contributed by atoms with Crippen LogP contribution in [0.25, 0.3) is 0 Å². The number of carbonyl (C=O) groups excluding carboxylic acids is 2. The zero-order chi connectivity index (χ0) is 25.7. The van der Waals surface area contributed by atoms with Crippen molar-refractivity contribution < 1.29 is 33.7 Å². The first-order valence-corrected chi connectivity index (χ1v) is 12.1. The molecule has 186 valence electrons. The number of carboxylic acids is 1. The molecule has 3 aromatic carbocycles. The summed E-state index contributed by atoms with van der Waals surface area (Å²) >= 11 is 1.000. The molecule has 0 aromatic heterocycles. The number of amides is 2. The smallest absolute Gasteiger partial charge is 0.311 e. The van der Waals surface area contributed by atoms with Gasteiger partial charge in [-0.3, -0.25) is 19.7 Å². The highest BCUT2D eigenvalue weighted by Gasteiger charge is 2.31. The van der Waals surface area contributed by atoms with Crippen molar-refractivity contribution in [3.63, 3.8) is 0 Å². The first-order chi connectivity index (χ1) is 17.3. The summed E-state index contributed by atoms with van der Waals surface area (Å²) in [5.41, 5.74) is 2.35. The molecular formula is C27H25NO7S. The third-order valence-corrected chi connectivity index (χ3v) is 6.76. The third kappa shape index (κ3) is 6.17. The average Bonchev–Trinajstić information content (AvgIpc) is 3.20. The Bertz CT molecular complexity index is 1240. The number of methoxy groups -OCH3 is 2. The quantitative estimate of drug-likeness (QED) is 0.403. The molecule has 2 amide bonds. The molecule has 1 saturated heterocycles. The van der Waals surface area contributed by atoms with Crippen LogP contribution in [0, 0.1) is 0 Å². The number of imide groups is 1. The summed E-state index contributed by atoms with van der Waals surface area (Å²) < 4.78 is 16.5. The summed E-state index contributed by atoms with van der Waals surface area (Å²) in [7, 11) is 3.10. The molecule has 2 atom stereocenters. The number of nitrogens with one attached hydrogen (secondary N) is 1. The molecular weight excluding hydrogens is 482 g/mol. The van der Waals surface area contributed by atoms with Crippen molar-refractivity contribution in [1.82, 2.24) is 5.32 Å². The standard InChI is InChI=1S/C27H25NO7S/c1-33-21-11-17(12-22(15-21)34-2)13-23(26(30)31)18-5-9-20(10-6-18)35-19-7-3-16(4-8-19)14-24-25(29)28-27(32)36-24/h3-12,15,23-24H,13-14H2,1-2H3,(H,30,31)(H,28,29,32). The van der Waals surface area contributed by atoms with E-state index in [1.807, 2.05) is 12.1 Å². The van der Waals surface area contributed by atoms with Gasteiger partial charge in [-0.1, -0.05) is 36.0 Å². The molecule has 3 aromatic rings. The molecule has 0 saturated carbocycles. The number of carboxylic acid groups (broad SMARTS) is 1. The maximum atomic E-state index is 12.0. The molecule has 0 bridgehead atoms. The van der Waals surface area contributed by atoms with E-state index in [-0.39, 0.29) is 17.6 Å².